The van der Waals surface area contributed by atoms with Crippen molar-refractivity contribution in [2.24, 2.45) is 0 Å². The van der Waals surface area contributed by atoms with E-state index in [4.69, 9.17) is 17.0 Å². The minimum atomic E-state index is -0.438. The maximum absolute atomic E-state index is 12.7. The lowest BCUT2D eigenvalue weighted by molar-refractivity contribution is -0.136. The molecule has 0 bridgehead atoms. The molecular formula is C27H25N3O3S. The number of nitrogens with one attached hydrogen (secondary N) is 2. The van der Waals surface area contributed by atoms with Crippen LogP contribution in [0.5, 0.6) is 0 Å². The van der Waals surface area contributed by atoms with Gasteiger partial charge in [0.2, 0.25) is 0 Å². The molecule has 0 spiro atoms. The Morgan fingerprint density at radius 3 is 2.18 bits per heavy atom. The van der Waals surface area contributed by atoms with Crippen LogP contribution in [0.2, 0.25) is 0 Å². The van der Waals surface area contributed by atoms with E-state index in [-0.39, 0.29) is 5.91 Å². The first-order valence-electron chi connectivity index (χ1n) is 10.8. The molecule has 0 radical (unpaired) electrons. The van der Waals surface area contributed by atoms with Crippen molar-refractivity contribution in [3.63, 3.8) is 0 Å². The predicted molar refractivity (Wildman–Crippen MR) is 137 cm³/mol. The lowest BCUT2D eigenvalue weighted by atomic mass is 9.95. The molecule has 1 atom stereocenters. The molecule has 0 fully saturated rings. The van der Waals surface area contributed by atoms with Gasteiger partial charge in [-0.2, -0.15) is 0 Å². The average Bonchev–Trinajstić information content (AvgIpc) is 2.87. The summed E-state index contributed by atoms with van der Waals surface area (Å²) < 4.78 is 4.99. The number of esters is 1. The Hall–Kier alpha value is -3.97. The lowest BCUT2D eigenvalue weighted by Gasteiger charge is -2.35. The number of thiocarbonyl (C=S) groups is 1. The van der Waals surface area contributed by atoms with Crippen molar-refractivity contribution in [1.29, 1.82) is 0 Å². The van der Waals surface area contributed by atoms with Crippen LogP contribution in [-0.4, -0.2) is 36.0 Å². The predicted octanol–water partition coefficient (Wildman–Crippen LogP) is 4.91. The Morgan fingerprint density at radius 2 is 1.56 bits per heavy atom. The molecule has 2 N–H and O–H groups in total. The van der Waals surface area contributed by atoms with Crippen LogP contribution in [0.1, 0.15) is 28.9 Å². The molecule has 0 saturated carbocycles. The van der Waals surface area contributed by atoms with Crippen molar-refractivity contribution in [2.75, 3.05) is 19.5 Å². The smallest absolute Gasteiger partial charge is 0.337 e. The van der Waals surface area contributed by atoms with Crippen LogP contribution in [0.25, 0.3) is 11.1 Å². The van der Waals surface area contributed by atoms with Crippen LogP contribution in [0.3, 0.4) is 0 Å². The van der Waals surface area contributed by atoms with Gasteiger partial charge in [0.25, 0.3) is 5.91 Å². The number of nitrogens with zero attached hydrogens (tertiary/aromatic N) is 1. The van der Waals surface area contributed by atoms with Gasteiger partial charge in [-0.05, 0) is 60.1 Å². The zero-order chi connectivity index (χ0) is 24.2. The number of anilines is 1. The Kier molecular flexibility index (Phi) is 6.75. The van der Waals surface area contributed by atoms with Crippen molar-refractivity contribution in [3.8, 4) is 11.1 Å². The zero-order valence-electron chi connectivity index (χ0n) is 19.2. The Morgan fingerprint density at radius 1 is 0.941 bits per heavy atom. The van der Waals surface area contributed by atoms with E-state index < -0.39 is 12.0 Å². The molecule has 3 aromatic rings. The molecule has 4 rings (SSSR count). The standard InChI is InChI=1S/C27H25N3O3S/c1-17-23(26(32)33-3)24(29-27(34)30(17)2)20-13-15-22(16-14-20)28-25(31)21-11-9-19(10-12-21)18-7-5-4-6-8-18/h4-16,24H,1-3H3,(H,28,31)(H,29,34)/t24-/m0/s1. The molecule has 0 aliphatic carbocycles. The summed E-state index contributed by atoms with van der Waals surface area (Å²) in [5, 5.41) is 6.63. The van der Waals surface area contributed by atoms with Gasteiger partial charge in [-0.25, -0.2) is 4.79 Å². The van der Waals surface area contributed by atoms with Crippen LogP contribution in [-0.2, 0) is 9.53 Å². The second-order valence-electron chi connectivity index (χ2n) is 7.95. The largest absolute Gasteiger partial charge is 0.466 e. The summed E-state index contributed by atoms with van der Waals surface area (Å²) in [5.41, 5.74) is 5.43. The van der Waals surface area contributed by atoms with E-state index in [1.54, 1.807) is 24.1 Å². The van der Waals surface area contributed by atoms with Crippen LogP contribution < -0.4 is 10.6 Å². The monoisotopic (exact) mass is 471 g/mol. The Labute approximate surface area is 204 Å². The number of methoxy groups -OCH3 is 1. The van der Waals surface area contributed by atoms with Gasteiger partial charge in [-0.3, -0.25) is 4.79 Å². The summed E-state index contributed by atoms with van der Waals surface area (Å²) in [4.78, 5) is 26.9. The summed E-state index contributed by atoms with van der Waals surface area (Å²) in [6.07, 6.45) is 0. The molecule has 1 aliphatic heterocycles. The SMILES string of the molecule is COC(=O)C1=C(C)N(C)C(=S)N[C@H]1c1ccc(NC(=O)c2ccc(-c3ccccc3)cc2)cc1. The van der Waals surface area contributed by atoms with Gasteiger partial charge in [0.15, 0.2) is 5.11 Å². The molecule has 0 aromatic heterocycles. The van der Waals surface area contributed by atoms with E-state index in [9.17, 15) is 9.59 Å². The maximum atomic E-state index is 12.7. The number of allylic oxidation sites excluding steroid dienone is 1. The summed E-state index contributed by atoms with van der Waals surface area (Å²) >= 11 is 5.41. The Bertz CT molecular complexity index is 1250. The fraction of sp³-hybridized carbons (Fsp3) is 0.148. The highest BCUT2D eigenvalue weighted by Gasteiger charge is 2.33. The van der Waals surface area contributed by atoms with E-state index >= 15 is 0 Å². The molecule has 34 heavy (non-hydrogen) atoms. The van der Waals surface area contributed by atoms with Crippen LogP contribution in [0, 0.1) is 0 Å². The van der Waals surface area contributed by atoms with Crippen molar-refractivity contribution in [1.82, 2.24) is 10.2 Å². The summed E-state index contributed by atoms with van der Waals surface area (Å²) in [6, 6.07) is 24.4. The number of rotatable bonds is 5. The molecule has 0 unspecified atom stereocenters. The van der Waals surface area contributed by atoms with Gasteiger partial charge in [0.1, 0.15) is 0 Å². The topological polar surface area (TPSA) is 70.7 Å². The van der Waals surface area contributed by atoms with Gasteiger partial charge >= 0.3 is 5.97 Å². The van der Waals surface area contributed by atoms with Crippen molar-refractivity contribution < 1.29 is 14.3 Å². The van der Waals surface area contributed by atoms with E-state index in [2.05, 4.69) is 10.6 Å². The fourth-order valence-corrected chi connectivity index (χ4v) is 4.12. The first-order chi connectivity index (χ1) is 16.4. The summed E-state index contributed by atoms with van der Waals surface area (Å²) in [5.74, 6) is -0.613. The van der Waals surface area contributed by atoms with Gasteiger partial charge in [-0.1, -0.05) is 54.6 Å². The highest BCUT2D eigenvalue weighted by Crippen LogP contribution is 2.31. The molecular weight excluding hydrogens is 446 g/mol. The summed E-state index contributed by atoms with van der Waals surface area (Å²) in [6.45, 7) is 1.84. The average molecular weight is 472 g/mol. The van der Waals surface area contributed by atoms with E-state index in [0.29, 0.717) is 21.9 Å². The quantitative estimate of drug-likeness (QED) is 0.407. The second kappa shape index (κ2) is 9.89. The van der Waals surface area contributed by atoms with Crippen LogP contribution in [0.4, 0.5) is 5.69 Å². The minimum absolute atomic E-state index is 0.197. The molecule has 0 saturated heterocycles. The van der Waals surface area contributed by atoms with Gasteiger partial charge < -0.3 is 20.3 Å². The maximum Gasteiger partial charge on any atom is 0.337 e. The molecule has 1 aliphatic rings. The minimum Gasteiger partial charge on any atom is -0.466 e. The molecule has 1 amide bonds. The first kappa shape index (κ1) is 23.2. The molecule has 172 valence electrons. The normalized spacial score (nSPS) is 15.6. The second-order valence-corrected chi connectivity index (χ2v) is 8.34. The number of hydrogen-bond donors (Lipinski definition) is 2. The third kappa shape index (κ3) is 4.70. The number of carbonyl (C=O) groups excluding carboxylic acids is 2. The fourth-order valence-electron chi connectivity index (χ4n) is 3.87. The molecule has 7 heteroatoms. The first-order valence-corrected chi connectivity index (χ1v) is 11.2. The number of benzene rings is 3. The van der Waals surface area contributed by atoms with Gasteiger partial charge in [-0.15, -0.1) is 0 Å². The summed E-state index contributed by atoms with van der Waals surface area (Å²) in [7, 11) is 3.16. The number of ether oxygens (including phenoxy) is 1. The van der Waals surface area contributed by atoms with Crippen molar-refractivity contribution >= 4 is 34.9 Å². The number of carbonyl (C=O) groups is 2. The van der Waals surface area contributed by atoms with Crippen LogP contribution in [0.15, 0.2) is 90.1 Å². The zero-order valence-corrected chi connectivity index (χ0v) is 20.0. The third-order valence-corrected chi connectivity index (χ3v) is 6.31. The van der Waals surface area contributed by atoms with E-state index in [1.165, 1.54) is 7.11 Å². The van der Waals surface area contributed by atoms with E-state index in [0.717, 1.165) is 22.4 Å². The highest BCUT2D eigenvalue weighted by molar-refractivity contribution is 7.80. The van der Waals surface area contributed by atoms with Crippen molar-refractivity contribution in [2.45, 2.75) is 13.0 Å². The third-order valence-electron chi connectivity index (χ3n) is 5.92. The molecule has 1 heterocycles. The van der Waals surface area contributed by atoms with E-state index in [1.807, 2.05) is 73.7 Å². The van der Waals surface area contributed by atoms with Crippen LogP contribution >= 0.6 is 12.2 Å². The van der Waals surface area contributed by atoms with Crippen molar-refractivity contribution in [3.05, 3.63) is 101 Å². The molecule has 3 aromatic carbocycles. The number of hydrogen-bond acceptors (Lipinski definition) is 4. The number of amides is 1. The van der Waals surface area contributed by atoms with Gasteiger partial charge in [0.05, 0.1) is 18.7 Å². The highest BCUT2D eigenvalue weighted by atomic mass is 32.1. The lowest BCUT2D eigenvalue weighted by Crippen LogP contribution is -2.46. The Balaban J connectivity index is 1.50. The molecule has 6 nitrogen and oxygen atoms in total. The van der Waals surface area contributed by atoms with Gasteiger partial charge in [0, 0.05) is 24.0 Å².